The summed E-state index contributed by atoms with van der Waals surface area (Å²) in [5, 5.41) is 6.69. The van der Waals surface area contributed by atoms with Crippen LogP contribution >= 0.6 is 11.6 Å². The summed E-state index contributed by atoms with van der Waals surface area (Å²) >= 11 is 5.88. The van der Waals surface area contributed by atoms with Gasteiger partial charge in [0.15, 0.2) is 0 Å². The molecule has 0 unspecified atom stereocenters. The maximum absolute atomic E-state index is 12.9. The molecule has 0 bridgehead atoms. The van der Waals surface area contributed by atoms with Crippen LogP contribution in [0, 0.1) is 24.2 Å². The molecule has 184 valence electrons. The van der Waals surface area contributed by atoms with Crippen molar-refractivity contribution < 1.29 is 19.1 Å². The van der Waals surface area contributed by atoms with Crippen molar-refractivity contribution >= 4 is 29.4 Å². The van der Waals surface area contributed by atoms with E-state index in [4.69, 9.17) is 22.8 Å². The van der Waals surface area contributed by atoms with Crippen LogP contribution in [0.15, 0.2) is 24.3 Å². The van der Waals surface area contributed by atoms with E-state index in [1.165, 1.54) is 0 Å². The lowest BCUT2D eigenvalue weighted by atomic mass is 9.92. The van der Waals surface area contributed by atoms with Gasteiger partial charge in [-0.1, -0.05) is 23.7 Å². The van der Waals surface area contributed by atoms with Crippen molar-refractivity contribution in [1.29, 1.82) is 0 Å². The van der Waals surface area contributed by atoms with Crippen LogP contribution in [0.5, 0.6) is 0 Å². The van der Waals surface area contributed by atoms with E-state index in [9.17, 15) is 14.4 Å². The lowest BCUT2D eigenvalue weighted by Gasteiger charge is -2.33. The van der Waals surface area contributed by atoms with Gasteiger partial charge in [-0.05, 0) is 68.8 Å². The van der Waals surface area contributed by atoms with E-state index in [2.05, 4.69) is 16.6 Å². The maximum atomic E-state index is 12.9. The van der Waals surface area contributed by atoms with Gasteiger partial charge in [0.25, 0.3) is 0 Å². The third-order valence-corrected chi connectivity index (χ3v) is 6.84. The number of hydrogen-bond donors (Lipinski definition) is 2. The maximum Gasteiger partial charge on any atom is 0.329 e. The lowest BCUT2D eigenvalue weighted by molar-refractivity contribution is -0.150. The summed E-state index contributed by atoms with van der Waals surface area (Å²) in [6.45, 7) is 3.15. The Labute approximate surface area is 206 Å². The third kappa shape index (κ3) is 8.03. The van der Waals surface area contributed by atoms with Gasteiger partial charge < -0.3 is 20.3 Å². The molecule has 2 heterocycles. The number of nitrogens with one attached hydrogen (secondary N) is 2. The lowest BCUT2D eigenvalue weighted by Crippen LogP contribution is -2.49. The van der Waals surface area contributed by atoms with E-state index in [0.29, 0.717) is 36.9 Å². The summed E-state index contributed by atoms with van der Waals surface area (Å²) in [7, 11) is 0. The summed E-state index contributed by atoms with van der Waals surface area (Å²) in [5.41, 5.74) is 0.787. The van der Waals surface area contributed by atoms with Gasteiger partial charge in [-0.25, -0.2) is 4.79 Å². The van der Waals surface area contributed by atoms with Crippen LogP contribution in [0.25, 0.3) is 0 Å². The molecule has 0 spiro atoms. The summed E-state index contributed by atoms with van der Waals surface area (Å²) in [4.78, 5) is 40.0. The number of halogens is 1. The Morgan fingerprint density at radius 1 is 1.21 bits per heavy atom. The van der Waals surface area contributed by atoms with Gasteiger partial charge in [-0.2, -0.15) is 0 Å². The first-order valence-electron chi connectivity index (χ1n) is 12.1. The minimum Gasteiger partial charge on any atom is -0.459 e. The molecule has 1 aromatic carbocycles. The second-order valence-electron chi connectivity index (χ2n) is 9.11. The SMILES string of the molecule is C#CC[C@H](NC(=O)[C@@H]1CCCN(C(=O)CCC2CCNCC2)C1)C(=O)OCc1ccc(Cl)cc1. The second-order valence-corrected chi connectivity index (χ2v) is 9.55. The van der Waals surface area contributed by atoms with Crippen molar-refractivity contribution in [3.05, 3.63) is 34.9 Å². The van der Waals surface area contributed by atoms with Crippen LogP contribution in [0.3, 0.4) is 0 Å². The van der Waals surface area contributed by atoms with Crippen molar-refractivity contribution in [3.8, 4) is 12.3 Å². The molecule has 1 aromatic rings. The number of rotatable bonds is 9. The number of likely N-dealkylation sites (tertiary alicyclic amines) is 1. The zero-order valence-corrected chi connectivity index (χ0v) is 20.3. The van der Waals surface area contributed by atoms with Crippen LogP contribution in [-0.4, -0.2) is 54.9 Å². The van der Waals surface area contributed by atoms with E-state index in [1.54, 1.807) is 29.2 Å². The number of hydrogen-bond acceptors (Lipinski definition) is 5. The van der Waals surface area contributed by atoms with Crippen LogP contribution in [0.2, 0.25) is 5.02 Å². The van der Waals surface area contributed by atoms with Crippen LogP contribution < -0.4 is 10.6 Å². The Balaban J connectivity index is 1.47. The fourth-order valence-electron chi connectivity index (χ4n) is 4.51. The smallest absolute Gasteiger partial charge is 0.329 e. The van der Waals surface area contributed by atoms with E-state index < -0.39 is 12.0 Å². The van der Waals surface area contributed by atoms with Gasteiger partial charge in [0.2, 0.25) is 11.8 Å². The average molecular weight is 488 g/mol. The molecule has 7 nitrogen and oxygen atoms in total. The van der Waals surface area contributed by atoms with Crippen LogP contribution in [0.1, 0.15) is 50.5 Å². The van der Waals surface area contributed by atoms with Gasteiger partial charge in [-0.15, -0.1) is 12.3 Å². The summed E-state index contributed by atoms with van der Waals surface area (Å²) in [5.74, 6) is 1.94. The van der Waals surface area contributed by atoms with Gasteiger partial charge in [0, 0.05) is 31.0 Å². The molecule has 2 fully saturated rings. The van der Waals surface area contributed by atoms with Crippen molar-refractivity contribution in [2.45, 2.75) is 57.6 Å². The highest BCUT2D eigenvalue weighted by Gasteiger charge is 2.31. The quantitative estimate of drug-likeness (QED) is 0.413. The molecule has 2 aliphatic heterocycles. The molecule has 0 saturated carbocycles. The monoisotopic (exact) mass is 487 g/mol. The fourth-order valence-corrected chi connectivity index (χ4v) is 4.64. The van der Waals surface area contributed by atoms with Crippen LogP contribution in [-0.2, 0) is 25.7 Å². The molecule has 2 atom stereocenters. The van der Waals surface area contributed by atoms with Gasteiger partial charge in [0.05, 0.1) is 5.92 Å². The molecule has 2 amide bonds. The molecule has 8 heteroatoms. The van der Waals surface area contributed by atoms with Gasteiger partial charge in [-0.3, -0.25) is 9.59 Å². The first-order chi connectivity index (χ1) is 16.5. The summed E-state index contributed by atoms with van der Waals surface area (Å²) in [6, 6.07) is 6.05. The molecular formula is C26H34ClN3O4. The molecule has 0 aliphatic carbocycles. The molecule has 2 N–H and O–H groups in total. The number of ether oxygens (including phenoxy) is 1. The number of carbonyl (C=O) groups excluding carboxylic acids is 3. The average Bonchev–Trinajstić information content (AvgIpc) is 2.87. The van der Waals surface area contributed by atoms with Crippen molar-refractivity contribution in [1.82, 2.24) is 15.5 Å². The van der Waals surface area contributed by atoms with E-state index in [0.717, 1.165) is 44.3 Å². The molecule has 34 heavy (non-hydrogen) atoms. The number of carbonyl (C=O) groups is 3. The predicted octanol–water partition coefficient (Wildman–Crippen LogP) is 2.91. The summed E-state index contributed by atoms with van der Waals surface area (Å²) < 4.78 is 5.36. The highest BCUT2D eigenvalue weighted by molar-refractivity contribution is 6.30. The molecule has 2 saturated heterocycles. The third-order valence-electron chi connectivity index (χ3n) is 6.59. The number of piperidine rings is 2. The Bertz CT molecular complexity index is 877. The molecule has 2 aliphatic rings. The van der Waals surface area contributed by atoms with E-state index in [-0.39, 0.29) is 30.8 Å². The number of terminal acetylenes is 1. The van der Waals surface area contributed by atoms with E-state index >= 15 is 0 Å². The number of amides is 2. The van der Waals surface area contributed by atoms with E-state index in [1.807, 2.05) is 0 Å². The second kappa shape index (κ2) is 13.4. The number of esters is 1. The zero-order chi connectivity index (χ0) is 24.3. The van der Waals surface area contributed by atoms with Crippen LogP contribution in [0.4, 0.5) is 0 Å². The van der Waals surface area contributed by atoms with Crippen molar-refractivity contribution in [2.24, 2.45) is 11.8 Å². The highest BCUT2D eigenvalue weighted by atomic mass is 35.5. The van der Waals surface area contributed by atoms with Gasteiger partial charge >= 0.3 is 5.97 Å². The number of benzene rings is 1. The van der Waals surface area contributed by atoms with Crippen molar-refractivity contribution in [3.63, 3.8) is 0 Å². The van der Waals surface area contributed by atoms with Gasteiger partial charge in [0.1, 0.15) is 12.6 Å². The topological polar surface area (TPSA) is 87.7 Å². The summed E-state index contributed by atoms with van der Waals surface area (Å²) in [6.07, 6.45) is 10.5. The minimum absolute atomic E-state index is 0.0385. The first-order valence-corrected chi connectivity index (χ1v) is 12.5. The standard InChI is InChI=1S/C26H34ClN3O4/c1-2-4-23(26(33)34-18-20-6-9-22(27)10-7-20)29-25(32)21-5-3-16-30(17-21)24(31)11-8-19-12-14-28-15-13-19/h1,6-7,9-10,19,21,23,28H,3-5,8,11-18H2,(H,29,32)/t21-,23+/m1/s1. The molecule has 0 radical (unpaired) electrons. The number of nitrogens with zero attached hydrogens (tertiary/aromatic N) is 1. The largest absolute Gasteiger partial charge is 0.459 e. The molecular weight excluding hydrogens is 454 g/mol. The normalized spacial score (nSPS) is 19.6. The van der Waals surface area contributed by atoms with Crippen molar-refractivity contribution in [2.75, 3.05) is 26.2 Å². The Morgan fingerprint density at radius 3 is 2.65 bits per heavy atom. The minimum atomic E-state index is -0.921. The Kier molecular flexibility index (Phi) is 10.2. The predicted molar refractivity (Wildman–Crippen MR) is 131 cm³/mol. The Hall–Kier alpha value is -2.56. The highest BCUT2D eigenvalue weighted by Crippen LogP contribution is 2.22. The first kappa shape index (κ1) is 26.1. The zero-order valence-electron chi connectivity index (χ0n) is 19.6. The molecule has 0 aromatic heterocycles. The fraction of sp³-hybridized carbons (Fsp3) is 0.577. The molecule has 3 rings (SSSR count). The Morgan fingerprint density at radius 2 is 1.94 bits per heavy atom.